The Labute approximate surface area is 121 Å². The summed E-state index contributed by atoms with van der Waals surface area (Å²) in [7, 11) is 0. The molecule has 2 aromatic heterocycles. The summed E-state index contributed by atoms with van der Waals surface area (Å²) in [5, 5.41) is 0. The quantitative estimate of drug-likeness (QED) is 0.711. The highest BCUT2D eigenvalue weighted by atomic mass is 32.1. The van der Waals surface area contributed by atoms with Gasteiger partial charge in [0, 0.05) is 12.5 Å². The van der Waals surface area contributed by atoms with E-state index in [9.17, 15) is 4.39 Å². The topological polar surface area (TPSA) is 33.9 Å². The highest BCUT2D eigenvalue weighted by molar-refractivity contribution is 7.71. The second-order valence-corrected chi connectivity index (χ2v) is 5.29. The number of rotatable bonds is 4. The lowest BCUT2D eigenvalue weighted by atomic mass is 10.1. The third-order valence-electron chi connectivity index (χ3n) is 3.53. The van der Waals surface area contributed by atoms with Crippen molar-refractivity contribution in [3.05, 3.63) is 52.9 Å². The molecule has 0 saturated carbocycles. The average Bonchev–Trinajstić information content (AvgIpc) is 3.04. The zero-order chi connectivity index (χ0) is 14.1. The number of furan rings is 1. The molecule has 0 amide bonds. The van der Waals surface area contributed by atoms with Crippen LogP contribution in [0.15, 0.2) is 41.0 Å². The van der Waals surface area contributed by atoms with E-state index in [2.05, 4.69) is 11.9 Å². The molecule has 5 heteroatoms. The van der Waals surface area contributed by atoms with E-state index in [-0.39, 0.29) is 11.9 Å². The first-order valence-electron chi connectivity index (χ1n) is 6.58. The Morgan fingerprint density at radius 2 is 2.20 bits per heavy atom. The van der Waals surface area contributed by atoms with Gasteiger partial charge in [-0.2, -0.15) is 0 Å². The number of aryl methyl sites for hydroxylation is 1. The Hall–Kier alpha value is -1.88. The Kier molecular flexibility index (Phi) is 3.44. The third kappa shape index (κ3) is 2.29. The molecule has 3 rings (SSSR count). The number of para-hydroxylation sites is 1. The van der Waals surface area contributed by atoms with E-state index in [0.717, 1.165) is 24.1 Å². The van der Waals surface area contributed by atoms with Crippen molar-refractivity contribution in [2.45, 2.75) is 25.8 Å². The molecule has 0 bridgehead atoms. The predicted molar refractivity (Wildman–Crippen MR) is 78.8 cm³/mol. The zero-order valence-corrected chi connectivity index (χ0v) is 11.9. The van der Waals surface area contributed by atoms with E-state index in [1.54, 1.807) is 12.3 Å². The molecule has 0 fully saturated rings. The van der Waals surface area contributed by atoms with Crippen LogP contribution in [-0.4, -0.2) is 9.55 Å². The van der Waals surface area contributed by atoms with Crippen molar-refractivity contribution in [1.29, 1.82) is 0 Å². The van der Waals surface area contributed by atoms with Crippen LogP contribution in [0.4, 0.5) is 4.39 Å². The van der Waals surface area contributed by atoms with Crippen molar-refractivity contribution < 1.29 is 8.81 Å². The first-order valence-corrected chi connectivity index (χ1v) is 6.99. The summed E-state index contributed by atoms with van der Waals surface area (Å²) in [6.07, 6.45) is 3.38. The maximum absolute atomic E-state index is 13.7. The van der Waals surface area contributed by atoms with Crippen molar-refractivity contribution in [2.24, 2.45) is 0 Å². The van der Waals surface area contributed by atoms with E-state index in [4.69, 9.17) is 16.6 Å². The molecule has 1 N–H and O–H groups in total. The molecule has 3 nitrogen and oxygen atoms in total. The molecule has 20 heavy (non-hydrogen) atoms. The van der Waals surface area contributed by atoms with Crippen LogP contribution in [0, 0.1) is 10.6 Å². The monoisotopic (exact) mass is 290 g/mol. The van der Waals surface area contributed by atoms with Gasteiger partial charge in [0.25, 0.3) is 0 Å². The number of halogens is 1. The summed E-state index contributed by atoms with van der Waals surface area (Å²) >= 11 is 5.32. The molecule has 0 radical (unpaired) electrons. The van der Waals surface area contributed by atoms with E-state index < -0.39 is 0 Å². The summed E-state index contributed by atoms with van der Waals surface area (Å²) in [6.45, 7) is 2.08. The summed E-state index contributed by atoms with van der Waals surface area (Å²) in [5.74, 6) is 0.681. The molecule has 3 aromatic rings. The molecule has 0 saturated heterocycles. The van der Waals surface area contributed by atoms with Crippen LogP contribution in [0.25, 0.3) is 11.0 Å². The lowest BCUT2D eigenvalue weighted by molar-refractivity contribution is 0.455. The maximum Gasteiger partial charge on any atom is 0.178 e. The molecular weight excluding hydrogens is 275 g/mol. The molecule has 0 spiro atoms. The molecule has 0 aliphatic heterocycles. The normalized spacial score (nSPS) is 12.9. The van der Waals surface area contributed by atoms with Crippen molar-refractivity contribution in [1.82, 2.24) is 9.55 Å². The Morgan fingerprint density at radius 1 is 1.35 bits per heavy atom. The lowest BCUT2D eigenvalue weighted by Gasteiger charge is -2.13. The summed E-state index contributed by atoms with van der Waals surface area (Å²) < 4.78 is 21.6. The third-order valence-corrected chi connectivity index (χ3v) is 3.83. The van der Waals surface area contributed by atoms with Gasteiger partial charge in [-0.1, -0.05) is 6.07 Å². The minimum atomic E-state index is -0.273. The van der Waals surface area contributed by atoms with Gasteiger partial charge in [-0.25, -0.2) is 4.39 Å². The van der Waals surface area contributed by atoms with Gasteiger partial charge in [0.15, 0.2) is 4.77 Å². The number of nitrogens with zero attached hydrogens (tertiary/aromatic N) is 1. The number of hydrogen-bond acceptors (Lipinski definition) is 2. The van der Waals surface area contributed by atoms with Crippen LogP contribution < -0.4 is 0 Å². The van der Waals surface area contributed by atoms with Gasteiger partial charge in [-0.05, 0) is 49.8 Å². The number of hydrogen-bond donors (Lipinski definition) is 1. The van der Waals surface area contributed by atoms with Crippen molar-refractivity contribution in [2.75, 3.05) is 0 Å². The van der Waals surface area contributed by atoms with Gasteiger partial charge in [0.2, 0.25) is 0 Å². The van der Waals surface area contributed by atoms with Crippen LogP contribution in [0.3, 0.4) is 0 Å². The van der Waals surface area contributed by atoms with Gasteiger partial charge in [-0.15, -0.1) is 0 Å². The van der Waals surface area contributed by atoms with Gasteiger partial charge in [0.1, 0.15) is 17.1 Å². The van der Waals surface area contributed by atoms with Crippen molar-refractivity contribution >= 4 is 23.3 Å². The number of benzene rings is 1. The highest BCUT2D eigenvalue weighted by Crippen LogP contribution is 2.24. The summed E-state index contributed by atoms with van der Waals surface area (Å²) in [6, 6.07) is 9.03. The molecular formula is C15H15FN2OS. The molecule has 0 aliphatic rings. The Morgan fingerprint density at radius 3 is 2.95 bits per heavy atom. The number of fused-ring (bicyclic) bond motifs is 1. The number of aromatic amines is 1. The fourth-order valence-corrected chi connectivity index (χ4v) is 2.87. The molecule has 104 valence electrons. The first kappa shape index (κ1) is 13.1. The predicted octanol–water partition coefficient (Wildman–Crippen LogP) is 4.62. The molecule has 1 aromatic carbocycles. The molecule has 0 aliphatic carbocycles. The van der Waals surface area contributed by atoms with Crippen molar-refractivity contribution in [3.63, 3.8) is 0 Å². The summed E-state index contributed by atoms with van der Waals surface area (Å²) in [4.78, 5) is 2.95. The van der Waals surface area contributed by atoms with Crippen LogP contribution in [0.2, 0.25) is 0 Å². The standard InChI is InChI=1S/C15H15FN2OS/c1-10(7-8-11-4-3-9-19-11)18-13-6-2-5-12(16)14(13)17-15(18)20/h2-6,9-10H,7-8H2,1H3,(H,17,20). The fourth-order valence-electron chi connectivity index (χ4n) is 2.49. The Balaban J connectivity index is 1.91. The molecule has 2 heterocycles. The van der Waals surface area contributed by atoms with E-state index in [1.165, 1.54) is 6.07 Å². The van der Waals surface area contributed by atoms with Crippen LogP contribution >= 0.6 is 12.2 Å². The second-order valence-electron chi connectivity index (χ2n) is 4.90. The maximum atomic E-state index is 13.7. The van der Waals surface area contributed by atoms with Gasteiger partial charge in [0.05, 0.1) is 11.8 Å². The average molecular weight is 290 g/mol. The number of imidazole rings is 1. The smallest absolute Gasteiger partial charge is 0.178 e. The second kappa shape index (κ2) is 5.25. The lowest BCUT2D eigenvalue weighted by Crippen LogP contribution is -2.06. The summed E-state index contributed by atoms with van der Waals surface area (Å²) in [5.41, 5.74) is 1.28. The fraction of sp³-hybridized carbons (Fsp3) is 0.267. The van der Waals surface area contributed by atoms with Crippen LogP contribution in [0.1, 0.15) is 25.1 Å². The van der Waals surface area contributed by atoms with Gasteiger partial charge >= 0.3 is 0 Å². The minimum absolute atomic E-state index is 0.170. The number of H-pyrrole nitrogens is 1. The van der Waals surface area contributed by atoms with E-state index in [1.807, 2.05) is 22.8 Å². The van der Waals surface area contributed by atoms with E-state index in [0.29, 0.717) is 10.3 Å². The van der Waals surface area contributed by atoms with E-state index >= 15 is 0 Å². The highest BCUT2D eigenvalue weighted by Gasteiger charge is 2.13. The van der Waals surface area contributed by atoms with Crippen LogP contribution in [-0.2, 0) is 6.42 Å². The SMILES string of the molecule is CC(CCc1ccco1)n1c(=S)[nH]c2c(F)cccc21. The van der Waals surface area contributed by atoms with Gasteiger partial charge in [-0.3, -0.25) is 0 Å². The zero-order valence-electron chi connectivity index (χ0n) is 11.1. The van der Waals surface area contributed by atoms with Crippen LogP contribution in [0.5, 0.6) is 0 Å². The minimum Gasteiger partial charge on any atom is -0.469 e. The number of nitrogens with one attached hydrogen (secondary N) is 1. The first-order chi connectivity index (χ1) is 9.66. The number of aromatic nitrogens is 2. The van der Waals surface area contributed by atoms with Gasteiger partial charge < -0.3 is 14.0 Å². The Bertz CT molecular complexity index is 773. The van der Waals surface area contributed by atoms with Crippen molar-refractivity contribution in [3.8, 4) is 0 Å². The molecule has 1 atom stereocenters. The largest absolute Gasteiger partial charge is 0.469 e. The molecule has 1 unspecified atom stereocenters.